The fraction of sp³-hybridized carbons (Fsp3) is 1.00. The number of aliphatic hydroxyl groups is 1. The molecular formula is C13H26O2. The monoisotopic (exact) mass is 214 g/mol. The SMILES string of the molecule is CC(C)C(C)OCC1CCC(CO)CC1. The third kappa shape index (κ3) is 4.52. The molecule has 0 aromatic rings. The summed E-state index contributed by atoms with van der Waals surface area (Å²) in [5.41, 5.74) is 0. The molecule has 1 aliphatic carbocycles. The highest BCUT2D eigenvalue weighted by molar-refractivity contribution is 4.72. The summed E-state index contributed by atoms with van der Waals surface area (Å²) in [7, 11) is 0. The maximum absolute atomic E-state index is 9.04. The van der Waals surface area contributed by atoms with Gasteiger partial charge in [-0.3, -0.25) is 0 Å². The molecule has 1 saturated carbocycles. The van der Waals surface area contributed by atoms with Crippen LogP contribution in [0.3, 0.4) is 0 Å². The van der Waals surface area contributed by atoms with Crippen LogP contribution in [0.4, 0.5) is 0 Å². The van der Waals surface area contributed by atoms with E-state index < -0.39 is 0 Å². The molecule has 1 unspecified atom stereocenters. The quantitative estimate of drug-likeness (QED) is 0.762. The average molecular weight is 214 g/mol. The lowest BCUT2D eigenvalue weighted by atomic mass is 9.83. The molecule has 0 amide bonds. The molecular weight excluding hydrogens is 188 g/mol. The summed E-state index contributed by atoms with van der Waals surface area (Å²) in [5, 5.41) is 9.04. The fourth-order valence-corrected chi connectivity index (χ4v) is 2.06. The largest absolute Gasteiger partial charge is 0.396 e. The average Bonchev–Trinajstić information content (AvgIpc) is 2.26. The summed E-state index contributed by atoms with van der Waals surface area (Å²) in [5.74, 6) is 1.90. The normalized spacial score (nSPS) is 29.4. The zero-order chi connectivity index (χ0) is 11.3. The van der Waals surface area contributed by atoms with E-state index in [0.29, 0.717) is 24.5 Å². The van der Waals surface area contributed by atoms with Crippen molar-refractivity contribution in [1.29, 1.82) is 0 Å². The third-order valence-corrected chi connectivity index (χ3v) is 3.76. The zero-order valence-electron chi connectivity index (χ0n) is 10.4. The summed E-state index contributed by atoms with van der Waals surface area (Å²) in [6.07, 6.45) is 5.20. The summed E-state index contributed by atoms with van der Waals surface area (Å²) in [4.78, 5) is 0. The summed E-state index contributed by atoms with van der Waals surface area (Å²) < 4.78 is 5.85. The molecule has 0 bridgehead atoms. The Kier molecular flexibility index (Phi) is 5.62. The number of rotatable bonds is 5. The molecule has 0 heterocycles. The summed E-state index contributed by atoms with van der Waals surface area (Å²) in [6, 6.07) is 0. The molecule has 1 N–H and O–H groups in total. The highest BCUT2D eigenvalue weighted by atomic mass is 16.5. The van der Waals surface area contributed by atoms with Crippen LogP contribution in [0.5, 0.6) is 0 Å². The van der Waals surface area contributed by atoms with Crippen molar-refractivity contribution in [2.75, 3.05) is 13.2 Å². The van der Waals surface area contributed by atoms with E-state index in [9.17, 15) is 0 Å². The Labute approximate surface area is 94.0 Å². The minimum absolute atomic E-state index is 0.371. The Balaban J connectivity index is 2.13. The van der Waals surface area contributed by atoms with Crippen molar-refractivity contribution in [1.82, 2.24) is 0 Å². The van der Waals surface area contributed by atoms with Crippen molar-refractivity contribution in [3.05, 3.63) is 0 Å². The topological polar surface area (TPSA) is 29.5 Å². The standard InChI is InChI=1S/C13H26O2/c1-10(2)11(3)15-9-13-6-4-12(8-14)5-7-13/h10-14H,4-9H2,1-3H3. The first-order valence-corrected chi connectivity index (χ1v) is 6.36. The minimum Gasteiger partial charge on any atom is -0.396 e. The first-order valence-electron chi connectivity index (χ1n) is 6.36. The second-order valence-electron chi connectivity index (χ2n) is 5.35. The summed E-state index contributed by atoms with van der Waals surface area (Å²) >= 11 is 0. The molecule has 0 saturated heterocycles. The van der Waals surface area contributed by atoms with Crippen LogP contribution in [-0.2, 0) is 4.74 Å². The molecule has 0 aromatic carbocycles. The van der Waals surface area contributed by atoms with Gasteiger partial charge < -0.3 is 9.84 Å². The van der Waals surface area contributed by atoms with Gasteiger partial charge in [0, 0.05) is 13.2 Å². The molecule has 2 nitrogen and oxygen atoms in total. The number of ether oxygens (including phenoxy) is 1. The van der Waals surface area contributed by atoms with Gasteiger partial charge in [-0.2, -0.15) is 0 Å². The van der Waals surface area contributed by atoms with Gasteiger partial charge in [-0.1, -0.05) is 13.8 Å². The highest BCUT2D eigenvalue weighted by Crippen LogP contribution is 2.28. The van der Waals surface area contributed by atoms with Crippen molar-refractivity contribution in [3.63, 3.8) is 0 Å². The minimum atomic E-state index is 0.371. The van der Waals surface area contributed by atoms with Gasteiger partial charge >= 0.3 is 0 Å². The van der Waals surface area contributed by atoms with Crippen LogP contribution < -0.4 is 0 Å². The van der Waals surface area contributed by atoms with Crippen LogP contribution in [0.15, 0.2) is 0 Å². The number of hydrogen-bond acceptors (Lipinski definition) is 2. The summed E-state index contributed by atoms with van der Waals surface area (Å²) in [6.45, 7) is 7.85. The molecule has 15 heavy (non-hydrogen) atoms. The fourth-order valence-electron chi connectivity index (χ4n) is 2.06. The predicted octanol–water partition coefficient (Wildman–Crippen LogP) is 2.85. The maximum atomic E-state index is 9.04. The van der Waals surface area contributed by atoms with E-state index in [1.54, 1.807) is 0 Å². The van der Waals surface area contributed by atoms with E-state index in [-0.39, 0.29) is 0 Å². The van der Waals surface area contributed by atoms with Crippen LogP contribution in [0, 0.1) is 17.8 Å². The van der Waals surface area contributed by atoms with Crippen LogP contribution in [0.2, 0.25) is 0 Å². The van der Waals surface area contributed by atoms with Crippen LogP contribution >= 0.6 is 0 Å². The Morgan fingerprint density at radius 2 is 1.60 bits per heavy atom. The predicted molar refractivity (Wildman–Crippen MR) is 62.8 cm³/mol. The number of aliphatic hydroxyl groups excluding tert-OH is 1. The molecule has 90 valence electrons. The molecule has 0 aliphatic heterocycles. The molecule has 2 heteroatoms. The smallest absolute Gasteiger partial charge is 0.0570 e. The van der Waals surface area contributed by atoms with Crippen LogP contribution in [0.25, 0.3) is 0 Å². The van der Waals surface area contributed by atoms with Gasteiger partial charge in [0.2, 0.25) is 0 Å². The van der Waals surface area contributed by atoms with Gasteiger partial charge in [-0.05, 0) is 50.4 Å². The van der Waals surface area contributed by atoms with Crippen molar-refractivity contribution in [2.24, 2.45) is 17.8 Å². The van der Waals surface area contributed by atoms with Gasteiger partial charge in [0.15, 0.2) is 0 Å². The lowest BCUT2D eigenvalue weighted by Crippen LogP contribution is -2.24. The molecule has 0 radical (unpaired) electrons. The molecule has 1 atom stereocenters. The van der Waals surface area contributed by atoms with Gasteiger partial charge in [0.1, 0.15) is 0 Å². The highest BCUT2D eigenvalue weighted by Gasteiger charge is 2.21. The van der Waals surface area contributed by atoms with Crippen LogP contribution in [0.1, 0.15) is 46.5 Å². The van der Waals surface area contributed by atoms with Crippen molar-refractivity contribution in [3.8, 4) is 0 Å². The van der Waals surface area contributed by atoms with E-state index in [0.717, 1.165) is 12.5 Å². The molecule has 1 rings (SSSR count). The van der Waals surface area contributed by atoms with E-state index in [1.165, 1.54) is 25.7 Å². The third-order valence-electron chi connectivity index (χ3n) is 3.76. The van der Waals surface area contributed by atoms with Crippen molar-refractivity contribution >= 4 is 0 Å². The van der Waals surface area contributed by atoms with Crippen molar-refractivity contribution < 1.29 is 9.84 Å². The maximum Gasteiger partial charge on any atom is 0.0570 e. The van der Waals surface area contributed by atoms with Crippen molar-refractivity contribution in [2.45, 2.75) is 52.6 Å². The van der Waals surface area contributed by atoms with E-state index in [4.69, 9.17) is 9.84 Å². The van der Waals surface area contributed by atoms with E-state index in [2.05, 4.69) is 20.8 Å². The molecule has 1 fully saturated rings. The first kappa shape index (κ1) is 13.0. The van der Waals surface area contributed by atoms with Gasteiger partial charge in [0.25, 0.3) is 0 Å². The Morgan fingerprint density at radius 1 is 1.07 bits per heavy atom. The number of hydrogen-bond donors (Lipinski definition) is 1. The molecule has 0 aromatic heterocycles. The zero-order valence-corrected chi connectivity index (χ0v) is 10.4. The van der Waals surface area contributed by atoms with E-state index >= 15 is 0 Å². The first-order chi connectivity index (χ1) is 7.13. The molecule has 1 aliphatic rings. The Hall–Kier alpha value is -0.0800. The van der Waals surface area contributed by atoms with Gasteiger partial charge in [0.05, 0.1) is 6.10 Å². The second-order valence-corrected chi connectivity index (χ2v) is 5.35. The second kappa shape index (κ2) is 6.49. The van der Waals surface area contributed by atoms with Crippen LogP contribution in [-0.4, -0.2) is 24.4 Å². The van der Waals surface area contributed by atoms with Gasteiger partial charge in [-0.15, -0.1) is 0 Å². The van der Waals surface area contributed by atoms with E-state index in [1.807, 2.05) is 0 Å². The lowest BCUT2D eigenvalue weighted by Gasteiger charge is -2.28. The molecule has 0 spiro atoms. The Morgan fingerprint density at radius 3 is 2.07 bits per heavy atom. The Bertz CT molecular complexity index is 160. The lowest BCUT2D eigenvalue weighted by molar-refractivity contribution is 0.00123. The van der Waals surface area contributed by atoms with Gasteiger partial charge in [-0.25, -0.2) is 0 Å².